The Balaban J connectivity index is 2.20. The molecule has 2 N–H and O–H groups in total. The molecular formula is C14H21NO2S. The van der Waals surface area contributed by atoms with Gasteiger partial charge in [0.05, 0.1) is 5.75 Å². The number of benzene rings is 1. The van der Waals surface area contributed by atoms with Gasteiger partial charge in [0.15, 0.2) is 0 Å². The summed E-state index contributed by atoms with van der Waals surface area (Å²) in [4.78, 5) is 0. The molecule has 1 aliphatic carbocycles. The highest BCUT2D eigenvalue weighted by Crippen LogP contribution is 2.49. The minimum Gasteiger partial charge on any atom is -0.330 e. The van der Waals surface area contributed by atoms with E-state index in [1.807, 2.05) is 0 Å². The van der Waals surface area contributed by atoms with E-state index in [0.717, 1.165) is 18.4 Å². The molecule has 1 aromatic rings. The molecule has 1 saturated carbocycles. The Morgan fingerprint density at radius 3 is 2.22 bits per heavy atom. The maximum Gasteiger partial charge on any atom is 0.148 e. The van der Waals surface area contributed by atoms with Gasteiger partial charge in [-0.05, 0) is 36.4 Å². The van der Waals surface area contributed by atoms with E-state index in [2.05, 4.69) is 31.2 Å². The van der Waals surface area contributed by atoms with Crippen LogP contribution in [0.5, 0.6) is 0 Å². The second kappa shape index (κ2) is 4.67. The highest BCUT2D eigenvalue weighted by Gasteiger charge is 2.46. The van der Waals surface area contributed by atoms with Gasteiger partial charge < -0.3 is 5.73 Å². The molecule has 18 heavy (non-hydrogen) atoms. The fourth-order valence-corrected chi connectivity index (χ4v) is 3.93. The lowest BCUT2D eigenvalue weighted by Crippen LogP contribution is -2.20. The maximum absolute atomic E-state index is 11.5. The summed E-state index contributed by atoms with van der Waals surface area (Å²) in [6.45, 7) is 2.73. The molecule has 0 amide bonds. The minimum absolute atomic E-state index is 0.113. The van der Waals surface area contributed by atoms with Gasteiger partial charge in [0.25, 0.3) is 0 Å². The van der Waals surface area contributed by atoms with Gasteiger partial charge in [0.2, 0.25) is 0 Å². The molecule has 1 fully saturated rings. The van der Waals surface area contributed by atoms with Crippen LogP contribution < -0.4 is 5.73 Å². The third-order valence-electron chi connectivity index (χ3n) is 3.84. The maximum atomic E-state index is 11.5. The Bertz CT molecular complexity index is 515. The van der Waals surface area contributed by atoms with Gasteiger partial charge in [-0.1, -0.05) is 31.2 Å². The van der Waals surface area contributed by atoms with E-state index >= 15 is 0 Å². The zero-order valence-electron chi connectivity index (χ0n) is 11.0. The molecule has 1 aliphatic rings. The molecule has 3 nitrogen and oxygen atoms in total. The normalized spacial score (nSPS) is 19.5. The van der Waals surface area contributed by atoms with Crippen LogP contribution in [0.3, 0.4) is 0 Å². The molecule has 0 aliphatic heterocycles. The first-order valence-corrected chi connectivity index (χ1v) is 8.41. The third-order valence-corrected chi connectivity index (χ3v) is 4.91. The summed E-state index contributed by atoms with van der Waals surface area (Å²) in [5.41, 5.74) is 7.90. The van der Waals surface area contributed by atoms with Crippen LogP contribution in [0.2, 0.25) is 0 Å². The SMILES string of the molecule is CC(CN)c1ccc(C2(CS(C)(=O)=O)CC2)cc1. The average Bonchev–Trinajstić information content (AvgIpc) is 3.07. The van der Waals surface area contributed by atoms with Crippen LogP contribution in [0.4, 0.5) is 0 Å². The van der Waals surface area contributed by atoms with Gasteiger partial charge in [-0.3, -0.25) is 0 Å². The van der Waals surface area contributed by atoms with Crippen molar-refractivity contribution in [2.24, 2.45) is 5.73 Å². The largest absolute Gasteiger partial charge is 0.330 e. The second-order valence-electron chi connectivity index (χ2n) is 5.61. The highest BCUT2D eigenvalue weighted by molar-refractivity contribution is 7.90. The fourth-order valence-electron chi connectivity index (χ4n) is 2.47. The van der Waals surface area contributed by atoms with Gasteiger partial charge in [-0.15, -0.1) is 0 Å². The quantitative estimate of drug-likeness (QED) is 0.885. The monoisotopic (exact) mass is 267 g/mol. The number of nitrogens with two attached hydrogens (primary N) is 1. The lowest BCUT2D eigenvalue weighted by Gasteiger charge is -2.16. The van der Waals surface area contributed by atoms with Crippen LogP contribution in [-0.2, 0) is 15.3 Å². The molecule has 0 spiro atoms. The van der Waals surface area contributed by atoms with Gasteiger partial charge in [0, 0.05) is 11.7 Å². The first-order chi connectivity index (χ1) is 8.36. The Hall–Kier alpha value is -0.870. The van der Waals surface area contributed by atoms with Crippen molar-refractivity contribution >= 4 is 9.84 Å². The van der Waals surface area contributed by atoms with Crippen molar-refractivity contribution in [3.8, 4) is 0 Å². The Kier molecular flexibility index (Phi) is 3.52. The van der Waals surface area contributed by atoms with E-state index < -0.39 is 9.84 Å². The van der Waals surface area contributed by atoms with Crippen molar-refractivity contribution < 1.29 is 8.42 Å². The first-order valence-electron chi connectivity index (χ1n) is 6.34. The number of rotatable bonds is 5. The molecular weight excluding hydrogens is 246 g/mol. The average molecular weight is 267 g/mol. The zero-order chi connectivity index (χ0) is 13.4. The molecule has 2 rings (SSSR count). The summed E-state index contributed by atoms with van der Waals surface area (Å²) in [5, 5.41) is 0. The molecule has 0 heterocycles. The van der Waals surface area contributed by atoms with Crippen molar-refractivity contribution in [3.63, 3.8) is 0 Å². The summed E-state index contributed by atoms with van der Waals surface area (Å²) in [6.07, 6.45) is 3.27. The lowest BCUT2D eigenvalue weighted by molar-refractivity contribution is 0.592. The lowest BCUT2D eigenvalue weighted by atomic mass is 9.94. The summed E-state index contributed by atoms with van der Waals surface area (Å²) in [5.74, 6) is 0.621. The number of hydrogen-bond donors (Lipinski definition) is 1. The van der Waals surface area contributed by atoms with E-state index in [1.54, 1.807) is 0 Å². The van der Waals surface area contributed by atoms with Crippen molar-refractivity contribution in [2.45, 2.75) is 31.1 Å². The van der Waals surface area contributed by atoms with Crippen LogP contribution in [0.15, 0.2) is 24.3 Å². The standard InChI is InChI=1S/C14H21NO2S/c1-11(9-15)12-3-5-13(6-4-12)14(7-8-14)10-18(2,16)17/h3-6,11H,7-10,15H2,1-2H3. The molecule has 0 saturated heterocycles. The Labute approximate surface area is 109 Å². The summed E-state index contributed by atoms with van der Waals surface area (Å²) in [6, 6.07) is 8.30. The molecule has 1 unspecified atom stereocenters. The number of sulfone groups is 1. The van der Waals surface area contributed by atoms with E-state index in [4.69, 9.17) is 5.73 Å². The fraction of sp³-hybridized carbons (Fsp3) is 0.571. The van der Waals surface area contributed by atoms with Crippen LogP contribution in [0.25, 0.3) is 0 Å². The van der Waals surface area contributed by atoms with Crippen LogP contribution in [-0.4, -0.2) is 27.0 Å². The Morgan fingerprint density at radius 2 is 1.83 bits per heavy atom. The van der Waals surface area contributed by atoms with Gasteiger partial charge in [-0.25, -0.2) is 8.42 Å². The highest BCUT2D eigenvalue weighted by atomic mass is 32.2. The van der Waals surface area contributed by atoms with Crippen LogP contribution in [0, 0.1) is 0 Å². The first kappa shape index (κ1) is 13.6. The zero-order valence-corrected chi connectivity index (χ0v) is 11.8. The van der Waals surface area contributed by atoms with E-state index in [-0.39, 0.29) is 11.2 Å². The third kappa shape index (κ3) is 2.93. The van der Waals surface area contributed by atoms with E-state index in [9.17, 15) is 8.42 Å². The molecule has 0 aromatic heterocycles. The van der Waals surface area contributed by atoms with E-state index in [0.29, 0.717) is 12.5 Å². The summed E-state index contributed by atoms with van der Waals surface area (Å²) in [7, 11) is -2.92. The molecule has 100 valence electrons. The van der Waals surface area contributed by atoms with Gasteiger partial charge in [0.1, 0.15) is 9.84 Å². The Morgan fingerprint density at radius 1 is 1.28 bits per heavy atom. The smallest absolute Gasteiger partial charge is 0.148 e. The topological polar surface area (TPSA) is 60.2 Å². The van der Waals surface area contributed by atoms with Gasteiger partial charge in [-0.2, -0.15) is 0 Å². The molecule has 0 bridgehead atoms. The summed E-state index contributed by atoms with van der Waals surface area (Å²) < 4.78 is 22.9. The minimum atomic E-state index is -2.92. The van der Waals surface area contributed by atoms with Crippen LogP contribution in [0.1, 0.15) is 36.8 Å². The molecule has 0 radical (unpaired) electrons. The molecule has 4 heteroatoms. The van der Waals surface area contributed by atoms with Crippen molar-refractivity contribution in [3.05, 3.63) is 35.4 Å². The van der Waals surface area contributed by atoms with E-state index in [1.165, 1.54) is 11.8 Å². The molecule has 1 aromatic carbocycles. The van der Waals surface area contributed by atoms with Crippen LogP contribution >= 0.6 is 0 Å². The predicted molar refractivity (Wildman–Crippen MR) is 74.5 cm³/mol. The van der Waals surface area contributed by atoms with Crippen molar-refractivity contribution in [1.82, 2.24) is 0 Å². The van der Waals surface area contributed by atoms with Crippen molar-refractivity contribution in [1.29, 1.82) is 0 Å². The summed E-state index contributed by atoms with van der Waals surface area (Å²) >= 11 is 0. The number of hydrogen-bond acceptors (Lipinski definition) is 3. The van der Waals surface area contributed by atoms with Crippen molar-refractivity contribution in [2.75, 3.05) is 18.6 Å². The second-order valence-corrected chi connectivity index (χ2v) is 7.75. The van der Waals surface area contributed by atoms with Gasteiger partial charge >= 0.3 is 0 Å². The predicted octanol–water partition coefficient (Wildman–Crippen LogP) is 1.83. The molecule has 1 atom stereocenters.